The molecule has 11 nitrogen and oxygen atoms in total. The second-order valence-electron chi connectivity index (χ2n) is 9.39. The molecule has 0 bridgehead atoms. The summed E-state index contributed by atoms with van der Waals surface area (Å²) in [5, 5.41) is 9.40. The first kappa shape index (κ1) is 28.6. The highest BCUT2D eigenvalue weighted by Gasteiger charge is 2.35. The molecule has 216 valence electrons. The van der Waals surface area contributed by atoms with Gasteiger partial charge in [-0.3, -0.25) is 9.36 Å². The zero-order chi connectivity index (χ0) is 30.1. The highest BCUT2D eigenvalue weighted by Crippen LogP contribution is 2.37. The molecular weight excluding hydrogens is 562 g/mol. The number of allylic oxidation sites excluding steroid dienone is 1. The fourth-order valence-electron chi connectivity index (χ4n) is 4.81. The number of esters is 1. The second kappa shape index (κ2) is 11.5. The Hall–Kier alpha value is -4.97. The molecule has 0 radical (unpaired) electrons. The fourth-order valence-corrected chi connectivity index (χ4v) is 5.84. The zero-order valence-corrected chi connectivity index (χ0v) is 24.4. The summed E-state index contributed by atoms with van der Waals surface area (Å²) in [6.07, 6.45) is 1.60. The van der Waals surface area contributed by atoms with Crippen molar-refractivity contribution >= 4 is 29.1 Å². The average Bonchev–Trinajstić information content (AvgIpc) is 3.56. The van der Waals surface area contributed by atoms with Gasteiger partial charge in [0.25, 0.3) is 10.5 Å². The molecule has 2 aromatic carbocycles. The van der Waals surface area contributed by atoms with E-state index in [1.807, 2.05) is 0 Å². The van der Waals surface area contributed by atoms with Gasteiger partial charge in [0.1, 0.15) is 29.1 Å². The Morgan fingerprint density at radius 1 is 1.14 bits per heavy atom. The molecule has 42 heavy (non-hydrogen) atoms. The lowest BCUT2D eigenvalue weighted by Gasteiger charge is -2.26. The van der Waals surface area contributed by atoms with E-state index in [2.05, 4.69) is 4.99 Å². The highest BCUT2D eigenvalue weighted by atomic mass is 32.1. The lowest BCUT2D eigenvalue weighted by Crippen LogP contribution is -2.40. The number of ether oxygens (including phenoxy) is 3. The first-order valence-corrected chi connectivity index (χ1v) is 13.8. The lowest BCUT2D eigenvalue weighted by molar-refractivity contribution is -0.730. The number of thiazole rings is 1. The molecule has 5 rings (SSSR count). The van der Waals surface area contributed by atoms with Gasteiger partial charge in [0.15, 0.2) is 4.80 Å². The minimum absolute atomic E-state index is 0.0977. The third-order valence-electron chi connectivity index (χ3n) is 6.85. The second-order valence-corrected chi connectivity index (χ2v) is 10.4. The van der Waals surface area contributed by atoms with Crippen LogP contribution in [-0.2, 0) is 9.53 Å². The standard InChI is InChI=1S/C30H28N3O8S/c1-6-40-29(35)26-17(3)31-30-32(27(26)21-11-9-19(38-4)14-24(21)39-5)28(34)25(42-30)15-20-10-12-23(41-20)18-8-7-16(2)22(13-18)33(36)37/h7-15,27H,6H2,1-5H3,(H,36,37)/q+1/b25-15-. The van der Waals surface area contributed by atoms with Gasteiger partial charge in [0.05, 0.1) is 41.5 Å². The van der Waals surface area contributed by atoms with Crippen LogP contribution in [0.5, 0.6) is 11.5 Å². The Bertz CT molecular complexity index is 1930. The van der Waals surface area contributed by atoms with Crippen molar-refractivity contribution in [3.05, 3.63) is 101 Å². The molecular formula is C30H28N3O8S+. The quantitative estimate of drug-likeness (QED) is 0.239. The molecule has 0 aliphatic carbocycles. The molecule has 0 fully saturated rings. The minimum Gasteiger partial charge on any atom is -0.497 e. The van der Waals surface area contributed by atoms with Crippen molar-refractivity contribution in [1.29, 1.82) is 0 Å². The maximum atomic E-state index is 13.9. The molecule has 1 atom stereocenters. The van der Waals surface area contributed by atoms with Crippen molar-refractivity contribution in [2.75, 3.05) is 20.8 Å². The summed E-state index contributed by atoms with van der Waals surface area (Å²) in [5.41, 5.74) is 2.11. The monoisotopic (exact) mass is 590 g/mol. The van der Waals surface area contributed by atoms with Crippen LogP contribution < -0.4 is 24.4 Å². The number of furan rings is 1. The smallest absolute Gasteiger partial charge is 0.338 e. The van der Waals surface area contributed by atoms with Crippen LogP contribution in [0.15, 0.2) is 74.0 Å². The van der Waals surface area contributed by atoms with Gasteiger partial charge in [-0.15, -0.1) is 0 Å². The predicted octanol–water partition coefficient (Wildman–Crippen LogP) is 4.18. The van der Waals surface area contributed by atoms with Crippen LogP contribution >= 0.6 is 11.3 Å². The van der Waals surface area contributed by atoms with Crippen LogP contribution in [0, 0.1) is 11.8 Å². The number of aryl methyl sites for hydroxylation is 1. The van der Waals surface area contributed by atoms with E-state index >= 15 is 0 Å². The third kappa shape index (κ3) is 5.12. The Kier molecular flexibility index (Phi) is 7.81. The number of carbonyl (C=O) groups excluding carboxylic acids is 1. The Morgan fingerprint density at radius 3 is 2.62 bits per heavy atom. The number of rotatable bonds is 8. The molecule has 2 aromatic heterocycles. The molecule has 12 heteroatoms. The van der Waals surface area contributed by atoms with Crippen LogP contribution in [0.4, 0.5) is 5.69 Å². The van der Waals surface area contributed by atoms with E-state index in [4.69, 9.17) is 18.6 Å². The normalized spacial score (nSPS) is 14.8. The number of hydrogen-bond donors (Lipinski definition) is 1. The molecule has 0 saturated carbocycles. The molecule has 1 unspecified atom stereocenters. The molecule has 1 aliphatic heterocycles. The first-order chi connectivity index (χ1) is 20.2. The lowest BCUT2D eigenvalue weighted by atomic mass is 9.95. The minimum atomic E-state index is -0.866. The van der Waals surface area contributed by atoms with Crippen LogP contribution in [0.3, 0.4) is 0 Å². The number of hydrogen-bond acceptors (Lipinski definition) is 9. The topological polar surface area (TPSA) is 133 Å². The van der Waals surface area contributed by atoms with Crippen LogP contribution in [0.2, 0.25) is 0 Å². The summed E-state index contributed by atoms with van der Waals surface area (Å²) in [4.78, 5) is 43.4. The van der Waals surface area contributed by atoms with E-state index in [1.54, 1.807) is 69.3 Å². The maximum absolute atomic E-state index is 13.9. The summed E-state index contributed by atoms with van der Waals surface area (Å²) in [5.74, 6) is 1.23. The molecule has 4 aromatic rings. The van der Waals surface area contributed by atoms with E-state index in [-0.39, 0.29) is 28.3 Å². The Balaban J connectivity index is 1.65. The van der Waals surface area contributed by atoms with Crippen molar-refractivity contribution in [1.82, 2.24) is 4.57 Å². The summed E-state index contributed by atoms with van der Waals surface area (Å²) in [7, 11) is 3.04. The van der Waals surface area contributed by atoms with Crippen LogP contribution in [-0.4, -0.2) is 41.5 Å². The average molecular weight is 591 g/mol. The maximum Gasteiger partial charge on any atom is 0.338 e. The molecule has 0 saturated heterocycles. The van der Waals surface area contributed by atoms with Gasteiger partial charge in [-0.05, 0) is 45.0 Å². The zero-order valence-electron chi connectivity index (χ0n) is 23.5. The molecule has 1 aliphatic rings. The van der Waals surface area contributed by atoms with Gasteiger partial charge >= 0.3 is 11.7 Å². The van der Waals surface area contributed by atoms with Crippen molar-refractivity contribution in [2.24, 2.45) is 4.99 Å². The molecule has 1 N–H and O–H groups in total. The Labute approximate surface area is 243 Å². The van der Waals surface area contributed by atoms with Crippen LogP contribution in [0.1, 0.15) is 36.8 Å². The predicted molar refractivity (Wildman–Crippen MR) is 154 cm³/mol. The molecule has 0 spiro atoms. The first-order valence-electron chi connectivity index (χ1n) is 12.9. The number of aromatic nitrogens is 1. The SMILES string of the molecule is CCOC(=O)C1=C(C)N=c2s/c(=C\c3ccc(-c4ccc(C)c([N+](=O)O)c4)o3)c(=O)n2C1c1ccc(OC)cc1OC. The molecule has 3 heterocycles. The third-order valence-corrected chi connectivity index (χ3v) is 7.84. The number of carbonyl (C=O) groups is 1. The van der Waals surface area contributed by atoms with Crippen molar-refractivity contribution < 1.29 is 33.6 Å². The fraction of sp³-hybridized carbons (Fsp3) is 0.233. The summed E-state index contributed by atoms with van der Waals surface area (Å²) >= 11 is 1.16. The van der Waals surface area contributed by atoms with Gasteiger partial charge in [-0.25, -0.2) is 15.0 Å². The molecule has 0 amide bonds. The van der Waals surface area contributed by atoms with Crippen molar-refractivity contribution in [3.8, 4) is 22.8 Å². The summed E-state index contributed by atoms with van der Waals surface area (Å²) < 4.78 is 24.1. The van der Waals surface area contributed by atoms with Crippen molar-refractivity contribution in [2.45, 2.75) is 26.8 Å². The summed E-state index contributed by atoms with van der Waals surface area (Å²) in [6.45, 7) is 5.27. The number of fused-ring (bicyclic) bond motifs is 1. The van der Waals surface area contributed by atoms with Gasteiger partial charge in [-0.1, -0.05) is 23.5 Å². The van der Waals surface area contributed by atoms with E-state index in [1.165, 1.54) is 24.9 Å². The van der Waals surface area contributed by atoms with E-state index in [0.29, 0.717) is 54.7 Å². The van der Waals surface area contributed by atoms with Gasteiger partial charge in [-0.2, -0.15) is 0 Å². The largest absolute Gasteiger partial charge is 0.497 e. The van der Waals surface area contributed by atoms with Gasteiger partial charge in [0.2, 0.25) is 0 Å². The highest BCUT2D eigenvalue weighted by molar-refractivity contribution is 7.07. The van der Waals surface area contributed by atoms with Crippen molar-refractivity contribution in [3.63, 3.8) is 0 Å². The Morgan fingerprint density at radius 2 is 1.93 bits per heavy atom. The van der Waals surface area contributed by atoms with Gasteiger partial charge in [0, 0.05) is 34.9 Å². The van der Waals surface area contributed by atoms with Crippen LogP contribution in [0.25, 0.3) is 17.4 Å². The van der Waals surface area contributed by atoms with E-state index < -0.39 is 12.0 Å². The van der Waals surface area contributed by atoms with E-state index in [0.717, 1.165) is 11.3 Å². The summed E-state index contributed by atoms with van der Waals surface area (Å²) in [6, 6.07) is 12.7. The van der Waals surface area contributed by atoms with E-state index in [9.17, 15) is 19.7 Å². The number of methoxy groups -OCH3 is 2. The number of benzene rings is 2. The van der Waals surface area contributed by atoms with Gasteiger partial charge < -0.3 is 18.6 Å². The number of nitrogens with zero attached hydrogens (tertiary/aromatic N) is 3.